The minimum Gasteiger partial charge on any atom is -0.324 e. The summed E-state index contributed by atoms with van der Waals surface area (Å²) >= 11 is 0. The molecule has 3 heterocycles. The number of hydrogen-bond acceptors (Lipinski definition) is 5. The van der Waals surface area contributed by atoms with Gasteiger partial charge in [0.1, 0.15) is 18.2 Å². The molecule has 2 N–H and O–H groups in total. The van der Waals surface area contributed by atoms with Crippen LogP contribution in [-0.2, 0) is 16.9 Å². The van der Waals surface area contributed by atoms with Gasteiger partial charge in [0, 0.05) is 18.1 Å². The van der Waals surface area contributed by atoms with Gasteiger partial charge in [-0.15, -0.1) is 0 Å². The van der Waals surface area contributed by atoms with Crippen molar-refractivity contribution in [3.63, 3.8) is 0 Å². The summed E-state index contributed by atoms with van der Waals surface area (Å²) in [6.07, 6.45) is 8.18. The van der Waals surface area contributed by atoms with Crippen molar-refractivity contribution < 1.29 is 4.79 Å². The zero-order valence-corrected chi connectivity index (χ0v) is 14.4. The highest BCUT2D eigenvalue weighted by Crippen LogP contribution is 2.28. The Morgan fingerprint density at radius 2 is 2.12 bits per heavy atom. The number of nitrogens with one attached hydrogen (secondary N) is 2. The van der Waals surface area contributed by atoms with E-state index in [0.717, 1.165) is 24.3 Å². The van der Waals surface area contributed by atoms with Gasteiger partial charge in [-0.2, -0.15) is 10.2 Å². The van der Waals surface area contributed by atoms with Gasteiger partial charge in [0.2, 0.25) is 0 Å². The van der Waals surface area contributed by atoms with Gasteiger partial charge in [-0.25, -0.2) is 9.67 Å². The molecule has 0 spiro atoms. The van der Waals surface area contributed by atoms with Crippen LogP contribution in [0.4, 0.5) is 5.69 Å². The van der Waals surface area contributed by atoms with Crippen molar-refractivity contribution in [2.45, 2.75) is 24.9 Å². The van der Waals surface area contributed by atoms with Gasteiger partial charge >= 0.3 is 0 Å². The Balaban J connectivity index is 1.55. The van der Waals surface area contributed by atoms with E-state index in [0.29, 0.717) is 19.4 Å². The molecule has 1 saturated heterocycles. The summed E-state index contributed by atoms with van der Waals surface area (Å²) < 4.78 is 3.54. The maximum absolute atomic E-state index is 13.2. The molecule has 4 rings (SSSR count). The highest BCUT2D eigenvalue weighted by Gasteiger charge is 2.42. The molecule has 8 heteroatoms. The maximum atomic E-state index is 13.2. The largest absolute Gasteiger partial charge is 0.324 e. The molecule has 0 unspecified atom stereocenters. The molecule has 1 aliphatic heterocycles. The van der Waals surface area contributed by atoms with E-state index < -0.39 is 5.54 Å². The molecule has 2 aromatic heterocycles. The van der Waals surface area contributed by atoms with Crippen molar-refractivity contribution in [1.82, 2.24) is 29.9 Å². The standard InChI is InChI=1S/C18H21N7O/c26-17(18(5-8-19-9-6-18)25-10-2-7-21-25)23-16-4-1-3-15(11-16)12-24-14-20-13-22-24/h1-4,7,10-11,13-14,19H,5-6,8-9,12H2,(H,23,26). The predicted molar refractivity (Wildman–Crippen MR) is 96.5 cm³/mol. The van der Waals surface area contributed by atoms with Crippen LogP contribution < -0.4 is 10.6 Å². The zero-order chi connectivity index (χ0) is 17.8. The first-order chi connectivity index (χ1) is 12.8. The number of amides is 1. The lowest BCUT2D eigenvalue weighted by Crippen LogP contribution is -2.52. The molecule has 0 aliphatic carbocycles. The first kappa shape index (κ1) is 16.5. The topological polar surface area (TPSA) is 89.7 Å². The lowest BCUT2D eigenvalue weighted by Gasteiger charge is -2.36. The Labute approximate surface area is 151 Å². The number of hydrogen-bond donors (Lipinski definition) is 2. The van der Waals surface area contributed by atoms with Crippen LogP contribution in [0.2, 0.25) is 0 Å². The summed E-state index contributed by atoms with van der Waals surface area (Å²) in [6, 6.07) is 9.67. The van der Waals surface area contributed by atoms with E-state index in [1.807, 2.05) is 36.5 Å². The van der Waals surface area contributed by atoms with Gasteiger partial charge in [-0.3, -0.25) is 9.48 Å². The minimum absolute atomic E-state index is 0.0272. The van der Waals surface area contributed by atoms with Crippen LogP contribution in [-0.4, -0.2) is 43.5 Å². The average molecular weight is 351 g/mol. The molecule has 8 nitrogen and oxygen atoms in total. The number of aromatic nitrogens is 5. The molecule has 1 amide bonds. The van der Waals surface area contributed by atoms with Crippen molar-refractivity contribution in [3.05, 3.63) is 60.9 Å². The monoisotopic (exact) mass is 351 g/mol. The Morgan fingerprint density at radius 3 is 2.85 bits per heavy atom. The fraction of sp³-hybridized carbons (Fsp3) is 0.333. The van der Waals surface area contributed by atoms with Crippen LogP contribution in [0, 0.1) is 0 Å². The van der Waals surface area contributed by atoms with Crippen molar-refractivity contribution in [2.75, 3.05) is 18.4 Å². The van der Waals surface area contributed by atoms with Gasteiger partial charge in [-0.05, 0) is 49.7 Å². The van der Waals surface area contributed by atoms with Gasteiger partial charge in [0.05, 0.1) is 6.54 Å². The van der Waals surface area contributed by atoms with Crippen LogP contribution in [0.25, 0.3) is 0 Å². The number of carbonyl (C=O) groups is 1. The lowest BCUT2D eigenvalue weighted by atomic mass is 9.87. The summed E-state index contributed by atoms with van der Waals surface area (Å²) in [5, 5.41) is 14.9. The number of rotatable bonds is 5. The maximum Gasteiger partial charge on any atom is 0.252 e. The molecular formula is C18H21N7O. The van der Waals surface area contributed by atoms with Gasteiger partial charge in [0.15, 0.2) is 0 Å². The summed E-state index contributed by atoms with van der Waals surface area (Å²) in [5.74, 6) is -0.0272. The van der Waals surface area contributed by atoms with Crippen molar-refractivity contribution >= 4 is 11.6 Å². The Hall–Kier alpha value is -3.00. The van der Waals surface area contributed by atoms with Crippen LogP contribution in [0.1, 0.15) is 18.4 Å². The Kier molecular flexibility index (Phi) is 4.49. The molecule has 1 aliphatic rings. The Morgan fingerprint density at radius 1 is 1.23 bits per heavy atom. The van der Waals surface area contributed by atoms with Crippen molar-refractivity contribution in [2.24, 2.45) is 0 Å². The summed E-state index contributed by atoms with van der Waals surface area (Å²) in [5.41, 5.74) is 1.17. The summed E-state index contributed by atoms with van der Waals surface area (Å²) in [4.78, 5) is 17.1. The summed E-state index contributed by atoms with van der Waals surface area (Å²) in [6.45, 7) is 2.19. The second-order valence-corrected chi connectivity index (χ2v) is 6.48. The molecular weight excluding hydrogens is 330 g/mol. The first-order valence-corrected chi connectivity index (χ1v) is 8.70. The SMILES string of the molecule is O=C(Nc1cccc(Cn2cncn2)c1)C1(n2cccn2)CCNCC1. The smallest absolute Gasteiger partial charge is 0.252 e. The molecule has 1 aromatic carbocycles. The normalized spacial score (nSPS) is 16.3. The van der Waals surface area contributed by atoms with Crippen LogP contribution >= 0.6 is 0 Å². The molecule has 0 bridgehead atoms. The van der Waals surface area contributed by atoms with E-state index in [1.165, 1.54) is 6.33 Å². The highest BCUT2D eigenvalue weighted by molar-refractivity contribution is 5.96. The number of anilines is 1. The second-order valence-electron chi connectivity index (χ2n) is 6.48. The number of piperidine rings is 1. The predicted octanol–water partition coefficient (Wildman–Crippen LogP) is 1.24. The quantitative estimate of drug-likeness (QED) is 0.722. The number of benzene rings is 1. The molecule has 134 valence electrons. The van der Waals surface area contributed by atoms with Gasteiger partial charge in [0.25, 0.3) is 5.91 Å². The third-order valence-corrected chi connectivity index (χ3v) is 4.79. The van der Waals surface area contributed by atoms with Gasteiger partial charge < -0.3 is 10.6 Å². The third-order valence-electron chi connectivity index (χ3n) is 4.79. The van der Waals surface area contributed by atoms with Crippen LogP contribution in [0.3, 0.4) is 0 Å². The molecule has 0 atom stereocenters. The van der Waals surface area contributed by atoms with E-state index in [4.69, 9.17) is 0 Å². The van der Waals surface area contributed by atoms with E-state index >= 15 is 0 Å². The fourth-order valence-electron chi connectivity index (χ4n) is 3.42. The van der Waals surface area contributed by atoms with Crippen LogP contribution in [0.15, 0.2) is 55.4 Å². The second kappa shape index (κ2) is 7.09. The van der Waals surface area contributed by atoms with Gasteiger partial charge in [-0.1, -0.05) is 12.1 Å². The summed E-state index contributed by atoms with van der Waals surface area (Å²) in [7, 11) is 0. The molecule has 26 heavy (non-hydrogen) atoms. The minimum atomic E-state index is -0.656. The van der Waals surface area contributed by atoms with Crippen LogP contribution in [0.5, 0.6) is 0 Å². The van der Waals surface area contributed by atoms with Crippen molar-refractivity contribution in [1.29, 1.82) is 0 Å². The molecule has 1 fully saturated rings. The molecule has 0 saturated carbocycles. The average Bonchev–Trinajstić information content (AvgIpc) is 3.37. The Bertz CT molecular complexity index is 852. The fourth-order valence-corrected chi connectivity index (χ4v) is 3.42. The van der Waals surface area contributed by atoms with E-state index in [9.17, 15) is 4.79 Å². The zero-order valence-electron chi connectivity index (χ0n) is 14.4. The lowest BCUT2D eigenvalue weighted by molar-refractivity contribution is -0.126. The first-order valence-electron chi connectivity index (χ1n) is 8.70. The molecule has 3 aromatic rings. The van der Waals surface area contributed by atoms with Crippen molar-refractivity contribution in [3.8, 4) is 0 Å². The number of nitrogens with zero attached hydrogens (tertiary/aromatic N) is 5. The van der Waals surface area contributed by atoms with E-state index in [1.54, 1.807) is 21.9 Å². The van der Waals surface area contributed by atoms with E-state index in [-0.39, 0.29) is 5.91 Å². The van der Waals surface area contributed by atoms with E-state index in [2.05, 4.69) is 25.8 Å². The number of carbonyl (C=O) groups excluding carboxylic acids is 1. The molecule has 0 radical (unpaired) electrons. The highest BCUT2D eigenvalue weighted by atomic mass is 16.2. The third kappa shape index (κ3) is 3.23.